The molecule has 1 aromatic carbocycles. The minimum atomic E-state index is -0.0347. The van der Waals surface area contributed by atoms with Crippen LogP contribution in [0.1, 0.15) is 19.8 Å². The Kier molecular flexibility index (Phi) is 8.45. The highest BCUT2D eigenvalue weighted by molar-refractivity contribution is 9.10. The number of benzene rings is 1. The van der Waals surface area contributed by atoms with E-state index in [-0.39, 0.29) is 5.91 Å². The molecule has 0 saturated heterocycles. The lowest BCUT2D eigenvalue weighted by atomic mass is 10.3. The van der Waals surface area contributed by atoms with Gasteiger partial charge in [0.15, 0.2) is 0 Å². The fourth-order valence-electron chi connectivity index (χ4n) is 1.52. The van der Waals surface area contributed by atoms with E-state index in [9.17, 15) is 4.79 Å². The van der Waals surface area contributed by atoms with Gasteiger partial charge >= 0.3 is 0 Å². The highest BCUT2D eigenvalue weighted by atomic mass is 79.9. The summed E-state index contributed by atoms with van der Waals surface area (Å²) in [4.78, 5) is 11.6. The third kappa shape index (κ3) is 7.97. The normalized spacial score (nSPS) is 10.4. The molecule has 0 saturated carbocycles. The molecule has 4 nitrogen and oxygen atoms in total. The molecule has 2 N–H and O–H groups in total. The molecule has 0 aliphatic heterocycles. The smallest absolute Gasteiger partial charge is 0.238 e. The first kappa shape index (κ1) is 16.1. The Morgan fingerprint density at radius 2 is 2.21 bits per heavy atom. The van der Waals surface area contributed by atoms with Crippen molar-refractivity contribution in [1.29, 1.82) is 0 Å². The predicted octanol–water partition coefficient (Wildman–Crippen LogP) is 2.79. The van der Waals surface area contributed by atoms with E-state index in [0.717, 1.165) is 42.8 Å². The molecule has 19 heavy (non-hydrogen) atoms. The number of anilines is 1. The van der Waals surface area contributed by atoms with E-state index >= 15 is 0 Å². The van der Waals surface area contributed by atoms with E-state index in [1.54, 1.807) is 0 Å². The molecular formula is C14H21BrN2O2. The molecule has 0 aliphatic carbocycles. The quantitative estimate of drug-likeness (QED) is 0.685. The molecule has 0 atom stereocenters. The van der Waals surface area contributed by atoms with Crippen molar-refractivity contribution in [2.24, 2.45) is 0 Å². The lowest BCUT2D eigenvalue weighted by molar-refractivity contribution is -0.115. The number of carbonyl (C=O) groups is 1. The minimum Gasteiger partial charge on any atom is -0.381 e. The summed E-state index contributed by atoms with van der Waals surface area (Å²) in [5.74, 6) is -0.0347. The zero-order chi connectivity index (χ0) is 13.9. The van der Waals surface area contributed by atoms with Gasteiger partial charge in [0, 0.05) is 23.4 Å². The molecule has 106 valence electrons. The Hall–Kier alpha value is -0.910. The van der Waals surface area contributed by atoms with E-state index in [2.05, 4.69) is 33.5 Å². The molecule has 5 heteroatoms. The summed E-state index contributed by atoms with van der Waals surface area (Å²) in [5.41, 5.74) is 0.799. The van der Waals surface area contributed by atoms with Gasteiger partial charge in [-0.15, -0.1) is 0 Å². The molecule has 0 bridgehead atoms. The highest BCUT2D eigenvalue weighted by Gasteiger charge is 2.01. The van der Waals surface area contributed by atoms with Gasteiger partial charge in [-0.25, -0.2) is 0 Å². The number of hydrogen-bond acceptors (Lipinski definition) is 3. The predicted molar refractivity (Wildman–Crippen MR) is 81.4 cm³/mol. The number of hydrogen-bond donors (Lipinski definition) is 2. The number of ether oxygens (including phenoxy) is 1. The van der Waals surface area contributed by atoms with E-state index in [1.165, 1.54) is 0 Å². The van der Waals surface area contributed by atoms with E-state index in [0.29, 0.717) is 6.54 Å². The lowest BCUT2D eigenvalue weighted by Crippen LogP contribution is -2.29. The van der Waals surface area contributed by atoms with Crippen LogP contribution in [0.2, 0.25) is 0 Å². The summed E-state index contributed by atoms with van der Waals surface area (Å²) in [6, 6.07) is 7.54. The summed E-state index contributed by atoms with van der Waals surface area (Å²) in [6.45, 7) is 4.75. The molecule has 0 heterocycles. The first-order chi connectivity index (χ1) is 9.22. The van der Waals surface area contributed by atoms with Crippen LogP contribution in [0.5, 0.6) is 0 Å². The monoisotopic (exact) mass is 328 g/mol. The third-order valence-corrected chi connectivity index (χ3v) is 2.88. The molecule has 0 radical (unpaired) electrons. The number of amides is 1. The fraction of sp³-hybridized carbons (Fsp3) is 0.500. The van der Waals surface area contributed by atoms with Crippen LogP contribution in [0.15, 0.2) is 28.7 Å². The second-order valence-electron chi connectivity index (χ2n) is 4.20. The van der Waals surface area contributed by atoms with Crippen LogP contribution in [-0.2, 0) is 9.53 Å². The standard InChI is InChI=1S/C14H21BrN2O2/c1-2-8-19-9-4-7-16-11-14(18)17-13-6-3-5-12(15)10-13/h3,5-6,10,16H,2,4,7-9,11H2,1H3,(H,17,18). The van der Waals surface area contributed by atoms with E-state index in [4.69, 9.17) is 4.74 Å². The van der Waals surface area contributed by atoms with Gasteiger partial charge in [-0.3, -0.25) is 4.79 Å². The van der Waals surface area contributed by atoms with Crippen molar-refractivity contribution in [1.82, 2.24) is 5.32 Å². The Bertz CT molecular complexity index is 385. The van der Waals surface area contributed by atoms with Gasteiger partial charge in [-0.1, -0.05) is 28.9 Å². The largest absolute Gasteiger partial charge is 0.381 e. The van der Waals surface area contributed by atoms with Crippen molar-refractivity contribution in [2.75, 3.05) is 31.6 Å². The highest BCUT2D eigenvalue weighted by Crippen LogP contribution is 2.15. The van der Waals surface area contributed by atoms with Gasteiger partial charge < -0.3 is 15.4 Å². The molecule has 0 aromatic heterocycles. The molecule has 0 spiro atoms. The number of carbonyl (C=O) groups excluding carboxylic acids is 1. The van der Waals surface area contributed by atoms with Gasteiger partial charge in [0.2, 0.25) is 5.91 Å². The molecule has 0 fully saturated rings. The molecule has 1 rings (SSSR count). The maximum Gasteiger partial charge on any atom is 0.238 e. The summed E-state index contributed by atoms with van der Waals surface area (Å²) in [7, 11) is 0. The minimum absolute atomic E-state index is 0.0347. The zero-order valence-electron chi connectivity index (χ0n) is 11.2. The fourth-order valence-corrected chi connectivity index (χ4v) is 1.92. The summed E-state index contributed by atoms with van der Waals surface area (Å²) in [6.07, 6.45) is 1.96. The van der Waals surface area contributed by atoms with Gasteiger partial charge in [-0.05, 0) is 37.6 Å². The lowest BCUT2D eigenvalue weighted by Gasteiger charge is -2.07. The first-order valence-electron chi connectivity index (χ1n) is 6.56. The van der Waals surface area contributed by atoms with E-state index in [1.807, 2.05) is 24.3 Å². The van der Waals surface area contributed by atoms with E-state index < -0.39 is 0 Å². The average molecular weight is 329 g/mol. The summed E-state index contributed by atoms with van der Waals surface area (Å²) >= 11 is 3.37. The maximum absolute atomic E-state index is 11.6. The van der Waals surface area contributed by atoms with Crippen LogP contribution < -0.4 is 10.6 Å². The Morgan fingerprint density at radius 3 is 2.95 bits per heavy atom. The van der Waals surface area contributed by atoms with Crippen LogP contribution in [0.3, 0.4) is 0 Å². The van der Waals surface area contributed by atoms with Crippen molar-refractivity contribution >= 4 is 27.5 Å². The van der Waals surface area contributed by atoms with Crippen molar-refractivity contribution in [2.45, 2.75) is 19.8 Å². The number of nitrogens with one attached hydrogen (secondary N) is 2. The second kappa shape index (κ2) is 9.95. The van der Waals surface area contributed by atoms with Gasteiger partial charge in [0.1, 0.15) is 0 Å². The first-order valence-corrected chi connectivity index (χ1v) is 7.35. The molecular weight excluding hydrogens is 308 g/mol. The molecule has 0 aliphatic rings. The average Bonchev–Trinajstić information content (AvgIpc) is 2.37. The van der Waals surface area contributed by atoms with Crippen LogP contribution in [0.4, 0.5) is 5.69 Å². The zero-order valence-corrected chi connectivity index (χ0v) is 12.8. The van der Waals surface area contributed by atoms with Gasteiger partial charge in [-0.2, -0.15) is 0 Å². The number of halogens is 1. The van der Waals surface area contributed by atoms with Crippen LogP contribution in [0, 0.1) is 0 Å². The molecule has 0 unspecified atom stereocenters. The third-order valence-electron chi connectivity index (χ3n) is 2.38. The second-order valence-corrected chi connectivity index (χ2v) is 5.12. The van der Waals surface area contributed by atoms with Crippen LogP contribution >= 0.6 is 15.9 Å². The van der Waals surface area contributed by atoms with Gasteiger partial charge in [0.05, 0.1) is 6.54 Å². The van der Waals surface area contributed by atoms with Crippen molar-refractivity contribution < 1.29 is 9.53 Å². The summed E-state index contributed by atoms with van der Waals surface area (Å²) in [5, 5.41) is 5.92. The Morgan fingerprint density at radius 1 is 1.37 bits per heavy atom. The van der Waals surface area contributed by atoms with Crippen molar-refractivity contribution in [3.05, 3.63) is 28.7 Å². The Labute approximate surface area is 123 Å². The maximum atomic E-state index is 11.6. The molecule has 1 amide bonds. The topological polar surface area (TPSA) is 50.4 Å². The Balaban J connectivity index is 2.08. The van der Waals surface area contributed by atoms with Crippen molar-refractivity contribution in [3.8, 4) is 0 Å². The molecule has 1 aromatic rings. The van der Waals surface area contributed by atoms with Gasteiger partial charge in [0.25, 0.3) is 0 Å². The summed E-state index contributed by atoms with van der Waals surface area (Å²) < 4.78 is 6.30. The van der Waals surface area contributed by atoms with Crippen molar-refractivity contribution in [3.63, 3.8) is 0 Å². The van der Waals surface area contributed by atoms with Crippen LogP contribution in [-0.4, -0.2) is 32.2 Å². The number of rotatable bonds is 9. The van der Waals surface area contributed by atoms with Crippen LogP contribution in [0.25, 0.3) is 0 Å². The SMILES string of the molecule is CCCOCCCNCC(=O)Nc1cccc(Br)c1.